The number of methoxy groups -OCH3 is 1. The zero-order valence-electron chi connectivity index (χ0n) is 15.8. The van der Waals surface area contributed by atoms with Crippen molar-refractivity contribution in [1.82, 2.24) is 25.6 Å². The van der Waals surface area contributed by atoms with Crippen molar-refractivity contribution in [1.29, 1.82) is 0 Å². The van der Waals surface area contributed by atoms with Crippen LogP contribution >= 0.6 is 0 Å². The normalized spacial score (nSPS) is 11.0. The van der Waals surface area contributed by atoms with Gasteiger partial charge in [-0.1, -0.05) is 5.21 Å². The third-order valence-electron chi connectivity index (χ3n) is 3.63. The molecular formula is C18H27N5O3. The van der Waals surface area contributed by atoms with Crippen LogP contribution in [-0.2, 0) is 4.74 Å². The molecule has 1 heterocycles. The summed E-state index contributed by atoms with van der Waals surface area (Å²) >= 11 is 0. The van der Waals surface area contributed by atoms with Crippen molar-refractivity contribution in [2.45, 2.75) is 26.9 Å². The maximum Gasteiger partial charge on any atom is 0.273 e. The molecule has 0 aliphatic heterocycles. The first-order valence-corrected chi connectivity index (χ1v) is 8.70. The molecule has 1 aromatic heterocycles. The molecule has 2 aromatic rings. The number of hydrogen-bond acceptors (Lipinski definition) is 6. The van der Waals surface area contributed by atoms with Crippen molar-refractivity contribution in [3.8, 4) is 11.4 Å². The van der Waals surface area contributed by atoms with Gasteiger partial charge in [-0.15, -0.1) is 5.10 Å². The van der Waals surface area contributed by atoms with Crippen LogP contribution < -0.4 is 15.4 Å². The minimum Gasteiger partial charge on any atom is -0.491 e. The molecule has 2 rings (SSSR count). The second kappa shape index (κ2) is 9.88. The van der Waals surface area contributed by atoms with E-state index in [0.717, 1.165) is 18.0 Å². The molecule has 2 N–H and O–H groups in total. The average Bonchev–Trinajstić information content (AvgIpc) is 2.99. The third kappa shape index (κ3) is 5.53. The maximum atomic E-state index is 12.3. The highest BCUT2D eigenvalue weighted by molar-refractivity contribution is 5.93. The van der Waals surface area contributed by atoms with E-state index in [2.05, 4.69) is 20.9 Å². The zero-order chi connectivity index (χ0) is 18.9. The molecule has 8 nitrogen and oxygen atoms in total. The van der Waals surface area contributed by atoms with Gasteiger partial charge in [0.15, 0.2) is 5.69 Å². The Bertz CT molecular complexity index is 697. The van der Waals surface area contributed by atoms with Gasteiger partial charge >= 0.3 is 0 Å². The highest BCUT2D eigenvalue weighted by Gasteiger charge is 2.17. The molecule has 0 spiro atoms. The summed E-state index contributed by atoms with van der Waals surface area (Å²) in [4.78, 5) is 12.3. The van der Waals surface area contributed by atoms with Gasteiger partial charge in [0.05, 0.1) is 24.1 Å². The molecule has 142 valence electrons. The zero-order valence-corrected chi connectivity index (χ0v) is 15.8. The van der Waals surface area contributed by atoms with E-state index >= 15 is 0 Å². The van der Waals surface area contributed by atoms with Crippen molar-refractivity contribution in [2.24, 2.45) is 0 Å². The van der Waals surface area contributed by atoms with Crippen molar-refractivity contribution < 1.29 is 14.3 Å². The Morgan fingerprint density at radius 2 is 1.92 bits per heavy atom. The highest BCUT2D eigenvalue weighted by atomic mass is 16.5. The van der Waals surface area contributed by atoms with Crippen LogP contribution in [0.15, 0.2) is 24.3 Å². The summed E-state index contributed by atoms with van der Waals surface area (Å²) in [7, 11) is 1.65. The van der Waals surface area contributed by atoms with E-state index < -0.39 is 0 Å². The summed E-state index contributed by atoms with van der Waals surface area (Å²) in [5, 5.41) is 14.1. The predicted molar refractivity (Wildman–Crippen MR) is 98.9 cm³/mol. The van der Waals surface area contributed by atoms with Crippen LogP contribution in [0.1, 0.15) is 30.0 Å². The molecule has 0 atom stereocenters. The molecule has 8 heteroatoms. The lowest BCUT2D eigenvalue weighted by atomic mass is 10.2. The van der Waals surface area contributed by atoms with E-state index in [-0.39, 0.29) is 12.0 Å². The summed E-state index contributed by atoms with van der Waals surface area (Å²) < 4.78 is 12.2. The van der Waals surface area contributed by atoms with Crippen LogP contribution in [0.2, 0.25) is 0 Å². The highest BCUT2D eigenvalue weighted by Crippen LogP contribution is 2.18. The van der Waals surface area contributed by atoms with E-state index in [0.29, 0.717) is 31.1 Å². The Morgan fingerprint density at radius 3 is 2.58 bits per heavy atom. The molecule has 0 aliphatic carbocycles. The summed E-state index contributed by atoms with van der Waals surface area (Å²) in [6.07, 6.45) is 0.119. The first kappa shape index (κ1) is 19.9. The summed E-state index contributed by atoms with van der Waals surface area (Å²) in [5.41, 5.74) is 1.84. The van der Waals surface area contributed by atoms with E-state index in [1.807, 2.05) is 45.0 Å². The summed E-state index contributed by atoms with van der Waals surface area (Å²) in [6.45, 7) is 8.35. The Hall–Kier alpha value is -2.45. The van der Waals surface area contributed by atoms with Crippen molar-refractivity contribution in [2.75, 3.05) is 33.4 Å². The lowest BCUT2D eigenvalue weighted by molar-refractivity contribution is 0.0948. The number of aromatic nitrogens is 3. The Balaban J connectivity index is 1.95. The third-order valence-corrected chi connectivity index (χ3v) is 3.63. The fraction of sp³-hybridized carbons (Fsp3) is 0.500. The fourth-order valence-corrected chi connectivity index (χ4v) is 2.37. The van der Waals surface area contributed by atoms with Crippen molar-refractivity contribution in [3.63, 3.8) is 0 Å². The first-order chi connectivity index (χ1) is 12.5. The molecular weight excluding hydrogens is 334 g/mol. The number of rotatable bonds is 10. The van der Waals surface area contributed by atoms with Crippen LogP contribution in [-0.4, -0.2) is 60.4 Å². The molecule has 1 aromatic carbocycles. The van der Waals surface area contributed by atoms with Crippen LogP contribution in [0.4, 0.5) is 0 Å². The number of carbonyl (C=O) groups is 1. The summed E-state index contributed by atoms with van der Waals surface area (Å²) in [6, 6.07) is 7.53. The molecule has 0 saturated heterocycles. The van der Waals surface area contributed by atoms with E-state index in [1.165, 1.54) is 0 Å². The minimum atomic E-state index is -0.234. The topological polar surface area (TPSA) is 90.3 Å². The number of nitrogens with one attached hydrogen (secondary N) is 2. The largest absolute Gasteiger partial charge is 0.491 e. The number of nitrogens with zero attached hydrogens (tertiary/aromatic N) is 3. The van der Waals surface area contributed by atoms with Gasteiger partial charge in [0.1, 0.15) is 5.75 Å². The van der Waals surface area contributed by atoms with E-state index in [9.17, 15) is 4.79 Å². The molecule has 0 radical (unpaired) electrons. The lowest BCUT2D eigenvalue weighted by Crippen LogP contribution is -2.33. The van der Waals surface area contributed by atoms with Crippen LogP contribution in [0, 0.1) is 6.92 Å². The number of hydrogen-bond donors (Lipinski definition) is 2. The van der Waals surface area contributed by atoms with Crippen LogP contribution in [0.5, 0.6) is 5.75 Å². The van der Waals surface area contributed by atoms with Crippen molar-refractivity contribution >= 4 is 5.91 Å². The Morgan fingerprint density at radius 1 is 1.19 bits per heavy atom. The van der Waals surface area contributed by atoms with Gasteiger partial charge in [-0.2, -0.15) is 0 Å². The van der Waals surface area contributed by atoms with Gasteiger partial charge in [0, 0.05) is 26.7 Å². The van der Waals surface area contributed by atoms with Crippen LogP contribution in [0.3, 0.4) is 0 Å². The van der Waals surface area contributed by atoms with Gasteiger partial charge in [0.25, 0.3) is 5.91 Å². The fourth-order valence-electron chi connectivity index (χ4n) is 2.37. The maximum absolute atomic E-state index is 12.3. The van der Waals surface area contributed by atoms with E-state index in [4.69, 9.17) is 9.47 Å². The first-order valence-electron chi connectivity index (χ1n) is 8.70. The minimum absolute atomic E-state index is 0.119. The predicted octanol–water partition coefficient (Wildman–Crippen LogP) is 1.33. The monoisotopic (exact) mass is 361 g/mol. The second-order valence-corrected chi connectivity index (χ2v) is 6.09. The van der Waals surface area contributed by atoms with Crippen LogP contribution in [0.25, 0.3) is 5.69 Å². The number of carbonyl (C=O) groups excluding carboxylic acids is 1. The van der Waals surface area contributed by atoms with Crippen molar-refractivity contribution in [3.05, 3.63) is 35.7 Å². The lowest BCUT2D eigenvalue weighted by Gasteiger charge is -2.10. The molecule has 26 heavy (non-hydrogen) atoms. The summed E-state index contributed by atoms with van der Waals surface area (Å²) in [5.74, 6) is 0.558. The van der Waals surface area contributed by atoms with Gasteiger partial charge in [0.2, 0.25) is 0 Å². The molecule has 1 amide bonds. The molecule has 0 aliphatic rings. The standard InChI is InChI=1S/C18H27N5O3/c1-13(2)26-16-7-5-15(6-8-16)23-14(3)17(21-22-23)18(24)20-10-9-19-11-12-25-4/h5-8,13,19H,9-12H2,1-4H3,(H,20,24). The van der Waals surface area contributed by atoms with E-state index in [1.54, 1.807) is 11.8 Å². The smallest absolute Gasteiger partial charge is 0.273 e. The van der Waals surface area contributed by atoms with Gasteiger partial charge in [-0.25, -0.2) is 4.68 Å². The molecule has 0 bridgehead atoms. The Labute approximate surface area is 153 Å². The quantitative estimate of drug-likeness (QED) is 0.621. The van der Waals surface area contributed by atoms with Gasteiger partial charge in [-0.05, 0) is 45.0 Å². The van der Waals surface area contributed by atoms with Gasteiger partial charge < -0.3 is 20.1 Å². The SMILES string of the molecule is COCCNCCNC(=O)c1nnn(-c2ccc(OC(C)C)cc2)c1C. The number of benzene rings is 1. The number of amides is 1. The Kier molecular flexibility index (Phi) is 7.55. The second-order valence-electron chi connectivity index (χ2n) is 6.09. The number of ether oxygens (including phenoxy) is 2. The van der Waals surface area contributed by atoms with Gasteiger partial charge in [-0.3, -0.25) is 4.79 Å². The molecule has 0 fully saturated rings. The molecule has 0 saturated carbocycles. The average molecular weight is 361 g/mol. The molecule has 0 unspecified atom stereocenters.